The van der Waals surface area contributed by atoms with Gasteiger partial charge < -0.3 is 13.9 Å². The molecule has 0 unspecified atom stereocenters. The Bertz CT molecular complexity index is 1000. The molecule has 0 radical (unpaired) electrons. The largest absolute Gasteiger partial charge is 0.462 e. The topological polar surface area (TPSA) is 107 Å². The molecule has 3 aromatic rings. The second-order valence-corrected chi connectivity index (χ2v) is 5.52. The van der Waals surface area contributed by atoms with E-state index in [1.165, 1.54) is 0 Å². The number of amides is 2. The first-order valence-corrected chi connectivity index (χ1v) is 8.24. The maximum atomic E-state index is 12.0. The minimum atomic E-state index is -0.829. The summed E-state index contributed by atoms with van der Waals surface area (Å²) >= 11 is 0. The van der Waals surface area contributed by atoms with Gasteiger partial charge in [-0.2, -0.15) is 0 Å². The fourth-order valence-electron chi connectivity index (χ4n) is 2.17. The second-order valence-electron chi connectivity index (χ2n) is 5.52. The van der Waals surface area contributed by atoms with Gasteiger partial charge in [-0.15, -0.1) is 0 Å². The van der Waals surface area contributed by atoms with Crippen molar-refractivity contribution in [1.29, 1.82) is 0 Å². The smallest absolute Gasteiger partial charge is 0.417 e. The highest BCUT2D eigenvalue weighted by Crippen LogP contribution is 2.11. The SMILES string of the molecule is O=C(Nc1ccccc1)OCc1cc(=O)c(OC(=O)Nc2ccccc2)co1. The van der Waals surface area contributed by atoms with E-state index in [9.17, 15) is 14.4 Å². The first kappa shape index (κ1) is 18.7. The Morgan fingerprint density at radius 3 is 2.00 bits per heavy atom. The third kappa shape index (κ3) is 5.46. The molecule has 142 valence electrons. The van der Waals surface area contributed by atoms with Crippen LogP contribution in [-0.2, 0) is 11.3 Å². The van der Waals surface area contributed by atoms with Gasteiger partial charge in [0.25, 0.3) is 0 Å². The molecule has 2 N–H and O–H groups in total. The molecule has 0 spiro atoms. The summed E-state index contributed by atoms with van der Waals surface area (Å²) < 4.78 is 15.1. The van der Waals surface area contributed by atoms with Gasteiger partial charge in [-0.05, 0) is 24.3 Å². The molecule has 0 saturated heterocycles. The Morgan fingerprint density at radius 1 is 0.857 bits per heavy atom. The Morgan fingerprint density at radius 2 is 1.43 bits per heavy atom. The molecule has 1 aromatic heterocycles. The Hall–Kier alpha value is -4.07. The fraction of sp³-hybridized carbons (Fsp3) is 0.0500. The second kappa shape index (κ2) is 9.04. The van der Waals surface area contributed by atoms with Crippen molar-refractivity contribution in [3.8, 4) is 5.75 Å². The predicted molar refractivity (Wildman–Crippen MR) is 101 cm³/mol. The zero-order valence-electron chi connectivity index (χ0n) is 14.6. The highest BCUT2D eigenvalue weighted by Gasteiger charge is 2.12. The number of carbonyl (C=O) groups excluding carboxylic acids is 2. The average Bonchev–Trinajstić information content (AvgIpc) is 2.70. The summed E-state index contributed by atoms with van der Waals surface area (Å²) in [5.41, 5.74) is 0.505. The molecule has 0 bridgehead atoms. The lowest BCUT2D eigenvalue weighted by Gasteiger charge is -2.07. The molecule has 0 atom stereocenters. The van der Waals surface area contributed by atoms with Crippen LogP contribution in [0.4, 0.5) is 21.0 Å². The van der Waals surface area contributed by atoms with Crippen molar-refractivity contribution in [2.24, 2.45) is 0 Å². The van der Waals surface area contributed by atoms with Crippen molar-refractivity contribution < 1.29 is 23.5 Å². The van der Waals surface area contributed by atoms with Crippen LogP contribution in [0, 0.1) is 0 Å². The van der Waals surface area contributed by atoms with Crippen LogP contribution in [0.25, 0.3) is 0 Å². The summed E-state index contributed by atoms with van der Waals surface area (Å²) in [6.45, 7) is -0.260. The molecule has 0 fully saturated rings. The van der Waals surface area contributed by atoms with Gasteiger partial charge in [0.2, 0.25) is 11.2 Å². The summed E-state index contributed by atoms with van der Waals surface area (Å²) in [5, 5.41) is 5.01. The highest BCUT2D eigenvalue weighted by molar-refractivity contribution is 5.86. The number of carbonyl (C=O) groups is 2. The van der Waals surface area contributed by atoms with Crippen molar-refractivity contribution >= 4 is 23.6 Å². The molecule has 0 aliphatic rings. The van der Waals surface area contributed by atoms with Crippen molar-refractivity contribution in [3.05, 3.63) is 89.0 Å². The van der Waals surface area contributed by atoms with Crippen LogP contribution >= 0.6 is 0 Å². The van der Waals surface area contributed by atoms with Gasteiger partial charge in [-0.3, -0.25) is 15.4 Å². The first-order chi connectivity index (χ1) is 13.6. The number of benzene rings is 2. The summed E-state index contributed by atoms with van der Waals surface area (Å²) in [6, 6.07) is 18.5. The maximum absolute atomic E-state index is 12.0. The van der Waals surface area contributed by atoms with E-state index < -0.39 is 17.6 Å². The summed E-state index contributed by atoms with van der Waals surface area (Å²) in [7, 11) is 0. The van der Waals surface area contributed by atoms with E-state index in [4.69, 9.17) is 13.9 Å². The number of anilines is 2. The minimum Gasteiger partial charge on any atom is -0.462 e. The molecule has 8 nitrogen and oxygen atoms in total. The standard InChI is InChI=1S/C20H16N2O6/c23-17-11-16(12-27-19(24)21-14-7-3-1-4-8-14)26-13-18(17)28-20(25)22-15-9-5-2-6-10-15/h1-11,13H,12H2,(H,21,24)(H,22,25). The van der Waals surface area contributed by atoms with Crippen LogP contribution in [0.3, 0.4) is 0 Å². The molecule has 0 aliphatic carbocycles. The molecular weight excluding hydrogens is 364 g/mol. The number of nitrogens with one attached hydrogen (secondary N) is 2. The van der Waals surface area contributed by atoms with E-state index in [2.05, 4.69) is 10.6 Å². The van der Waals surface area contributed by atoms with Gasteiger partial charge in [0.15, 0.2) is 6.61 Å². The molecular formula is C20H16N2O6. The van der Waals surface area contributed by atoms with Gasteiger partial charge in [0.1, 0.15) is 12.0 Å². The normalized spacial score (nSPS) is 10.0. The Balaban J connectivity index is 1.53. The van der Waals surface area contributed by atoms with E-state index in [1.54, 1.807) is 54.6 Å². The van der Waals surface area contributed by atoms with Crippen LogP contribution in [0.5, 0.6) is 5.75 Å². The van der Waals surface area contributed by atoms with Gasteiger partial charge in [0.05, 0.1) is 0 Å². The quantitative estimate of drug-likeness (QED) is 0.693. The third-order valence-corrected chi connectivity index (χ3v) is 3.44. The summed E-state index contributed by atoms with van der Waals surface area (Å²) in [6.07, 6.45) is -0.540. The molecule has 28 heavy (non-hydrogen) atoms. The van der Waals surface area contributed by atoms with E-state index in [-0.39, 0.29) is 18.1 Å². The lowest BCUT2D eigenvalue weighted by molar-refractivity contribution is 0.144. The van der Waals surface area contributed by atoms with E-state index in [1.807, 2.05) is 6.07 Å². The van der Waals surface area contributed by atoms with E-state index in [0.717, 1.165) is 12.3 Å². The molecule has 3 rings (SSSR count). The molecule has 2 aromatic carbocycles. The number of ether oxygens (including phenoxy) is 2. The van der Waals surface area contributed by atoms with Gasteiger partial charge in [0, 0.05) is 17.4 Å². The van der Waals surface area contributed by atoms with Crippen molar-refractivity contribution in [2.75, 3.05) is 10.6 Å². The third-order valence-electron chi connectivity index (χ3n) is 3.44. The minimum absolute atomic E-state index is 0.101. The van der Waals surface area contributed by atoms with Crippen molar-refractivity contribution in [1.82, 2.24) is 0 Å². The van der Waals surface area contributed by atoms with Gasteiger partial charge in [-0.1, -0.05) is 36.4 Å². The predicted octanol–water partition coefficient (Wildman–Crippen LogP) is 4.00. The molecule has 0 saturated carbocycles. The summed E-state index contributed by atoms with van der Waals surface area (Å²) in [4.78, 5) is 35.6. The molecule has 0 aliphatic heterocycles. The number of para-hydroxylation sites is 2. The maximum Gasteiger partial charge on any atom is 0.417 e. The molecule has 8 heteroatoms. The lowest BCUT2D eigenvalue weighted by atomic mass is 10.3. The van der Waals surface area contributed by atoms with Gasteiger partial charge in [-0.25, -0.2) is 9.59 Å². The Kier molecular flexibility index (Phi) is 6.04. The van der Waals surface area contributed by atoms with Crippen LogP contribution in [0.1, 0.15) is 5.76 Å². The van der Waals surface area contributed by atoms with Crippen molar-refractivity contribution in [3.63, 3.8) is 0 Å². The van der Waals surface area contributed by atoms with E-state index >= 15 is 0 Å². The average molecular weight is 380 g/mol. The monoisotopic (exact) mass is 380 g/mol. The van der Waals surface area contributed by atoms with Crippen LogP contribution in [-0.4, -0.2) is 12.2 Å². The lowest BCUT2D eigenvalue weighted by Crippen LogP contribution is -2.20. The zero-order chi connectivity index (χ0) is 19.8. The molecule has 1 heterocycles. The highest BCUT2D eigenvalue weighted by atomic mass is 16.6. The number of rotatable bonds is 5. The Labute approximate surface area is 159 Å². The van der Waals surface area contributed by atoms with Crippen molar-refractivity contribution in [2.45, 2.75) is 6.61 Å². The zero-order valence-corrected chi connectivity index (χ0v) is 14.6. The summed E-state index contributed by atoms with van der Waals surface area (Å²) in [5.74, 6) is -0.185. The van der Waals surface area contributed by atoms with Crippen LogP contribution in [0.2, 0.25) is 0 Å². The number of hydrogen-bond donors (Lipinski definition) is 2. The fourth-order valence-corrected chi connectivity index (χ4v) is 2.17. The van der Waals surface area contributed by atoms with E-state index in [0.29, 0.717) is 11.4 Å². The van der Waals surface area contributed by atoms with Crippen LogP contribution in [0.15, 0.2) is 82.2 Å². The number of hydrogen-bond acceptors (Lipinski definition) is 6. The van der Waals surface area contributed by atoms with Gasteiger partial charge >= 0.3 is 12.2 Å². The van der Waals surface area contributed by atoms with Crippen LogP contribution < -0.4 is 20.8 Å². The first-order valence-electron chi connectivity index (χ1n) is 8.24. The molecule has 2 amide bonds.